The fourth-order valence-electron chi connectivity index (χ4n) is 2.17. The molecule has 1 unspecified atom stereocenters. The minimum atomic E-state index is 0.523. The number of rotatable bonds is 6. The van der Waals surface area contributed by atoms with Crippen LogP contribution in [0.25, 0.3) is 0 Å². The Labute approximate surface area is 109 Å². The van der Waals surface area contributed by atoms with Crippen LogP contribution in [0.1, 0.15) is 18.9 Å². The molecule has 1 atom stereocenters. The van der Waals surface area contributed by atoms with Gasteiger partial charge in [-0.25, -0.2) is 0 Å². The standard InChI is InChI=1S/C14H23N3O/c1-3-12(10-15-2)17-9-11-4-5-14-13(8-11)16-6-7-18-14/h4-5,8,12,15-17H,3,6-7,9-10H2,1-2H3. The van der Waals surface area contributed by atoms with E-state index in [9.17, 15) is 0 Å². The summed E-state index contributed by atoms with van der Waals surface area (Å²) >= 11 is 0. The molecule has 0 amide bonds. The van der Waals surface area contributed by atoms with E-state index < -0.39 is 0 Å². The molecule has 0 radical (unpaired) electrons. The maximum absolute atomic E-state index is 5.57. The Kier molecular flexibility index (Phi) is 4.84. The molecule has 1 aromatic rings. The second-order valence-electron chi connectivity index (χ2n) is 4.65. The Morgan fingerprint density at radius 1 is 1.44 bits per heavy atom. The Balaban J connectivity index is 1.93. The van der Waals surface area contributed by atoms with Gasteiger partial charge in [0.15, 0.2) is 0 Å². The molecule has 4 heteroatoms. The van der Waals surface area contributed by atoms with Crippen molar-refractivity contribution in [2.24, 2.45) is 0 Å². The average Bonchev–Trinajstić information content (AvgIpc) is 2.43. The SMILES string of the molecule is CCC(CNC)NCc1ccc2c(c1)NCCO2. The van der Waals surface area contributed by atoms with Crippen LogP contribution in [-0.2, 0) is 6.54 Å². The second kappa shape index (κ2) is 6.61. The van der Waals surface area contributed by atoms with Crippen molar-refractivity contribution in [2.75, 3.05) is 32.1 Å². The lowest BCUT2D eigenvalue weighted by atomic mass is 10.1. The van der Waals surface area contributed by atoms with Crippen molar-refractivity contribution in [1.82, 2.24) is 10.6 Å². The lowest BCUT2D eigenvalue weighted by Crippen LogP contribution is -2.36. The van der Waals surface area contributed by atoms with Gasteiger partial charge in [-0.1, -0.05) is 13.0 Å². The van der Waals surface area contributed by atoms with Crippen molar-refractivity contribution in [2.45, 2.75) is 25.9 Å². The largest absolute Gasteiger partial charge is 0.490 e. The number of benzene rings is 1. The first-order valence-electron chi connectivity index (χ1n) is 6.71. The molecule has 1 aromatic carbocycles. The Bertz CT molecular complexity index is 381. The van der Waals surface area contributed by atoms with Crippen LogP contribution >= 0.6 is 0 Å². The van der Waals surface area contributed by atoms with Crippen molar-refractivity contribution in [3.05, 3.63) is 23.8 Å². The minimum absolute atomic E-state index is 0.523. The molecule has 1 aliphatic heterocycles. The Hall–Kier alpha value is -1.26. The van der Waals surface area contributed by atoms with Crippen molar-refractivity contribution < 1.29 is 4.74 Å². The fraction of sp³-hybridized carbons (Fsp3) is 0.571. The number of ether oxygens (including phenoxy) is 1. The maximum Gasteiger partial charge on any atom is 0.142 e. The van der Waals surface area contributed by atoms with Crippen LogP contribution in [0.15, 0.2) is 18.2 Å². The zero-order valence-corrected chi connectivity index (χ0v) is 11.3. The van der Waals surface area contributed by atoms with Gasteiger partial charge in [0.05, 0.1) is 5.69 Å². The number of nitrogens with one attached hydrogen (secondary N) is 3. The van der Waals surface area contributed by atoms with Gasteiger partial charge in [-0.3, -0.25) is 0 Å². The quantitative estimate of drug-likeness (QED) is 0.716. The molecule has 1 aliphatic rings. The van der Waals surface area contributed by atoms with E-state index in [2.05, 4.69) is 41.1 Å². The molecule has 4 nitrogen and oxygen atoms in total. The highest BCUT2D eigenvalue weighted by molar-refractivity contribution is 5.59. The van der Waals surface area contributed by atoms with Gasteiger partial charge >= 0.3 is 0 Å². The van der Waals surface area contributed by atoms with Crippen LogP contribution in [-0.4, -0.2) is 32.8 Å². The van der Waals surface area contributed by atoms with Crippen molar-refractivity contribution in [3.63, 3.8) is 0 Å². The van der Waals surface area contributed by atoms with E-state index >= 15 is 0 Å². The minimum Gasteiger partial charge on any atom is -0.490 e. The average molecular weight is 249 g/mol. The van der Waals surface area contributed by atoms with Crippen molar-refractivity contribution in [3.8, 4) is 5.75 Å². The predicted octanol–water partition coefficient (Wildman–Crippen LogP) is 1.58. The third kappa shape index (κ3) is 3.37. The topological polar surface area (TPSA) is 45.3 Å². The third-order valence-electron chi connectivity index (χ3n) is 3.26. The molecule has 2 rings (SSSR count). The first-order chi connectivity index (χ1) is 8.83. The highest BCUT2D eigenvalue weighted by Gasteiger charge is 2.10. The molecule has 3 N–H and O–H groups in total. The number of hydrogen-bond donors (Lipinski definition) is 3. The molecule has 0 spiro atoms. The summed E-state index contributed by atoms with van der Waals surface area (Å²) in [5, 5.41) is 10.1. The van der Waals surface area contributed by atoms with Gasteiger partial charge in [0.1, 0.15) is 12.4 Å². The number of hydrogen-bond acceptors (Lipinski definition) is 4. The summed E-state index contributed by atoms with van der Waals surface area (Å²) in [5.74, 6) is 0.965. The molecular weight excluding hydrogens is 226 g/mol. The summed E-state index contributed by atoms with van der Waals surface area (Å²) in [4.78, 5) is 0. The van der Waals surface area contributed by atoms with Gasteiger partial charge in [0, 0.05) is 25.7 Å². The van der Waals surface area contributed by atoms with Crippen LogP contribution in [0.4, 0.5) is 5.69 Å². The molecule has 18 heavy (non-hydrogen) atoms. The number of anilines is 1. The molecule has 1 heterocycles. The molecule has 0 aromatic heterocycles. The molecule has 100 valence electrons. The van der Waals surface area contributed by atoms with Crippen molar-refractivity contribution >= 4 is 5.69 Å². The van der Waals surface area contributed by atoms with Gasteiger partial charge in [0.25, 0.3) is 0 Å². The summed E-state index contributed by atoms with van der Waals surface area (Å²) < 4.78 is 5.57. The van der Waals surface area contributed by atoms with Crippen LogP contribution in [0.5, 0.6) is 5.75 Å². The summed E-state index contributed by atoms with van der Waals surface area (Å²) in [6.45, 7) is 5.75. The Morgan fingerprint density at radius 3 is 3.11 bits per heavy atom. The predicted molar refractivity (Wildman–Crippen MR) is 75.3 cm³/mol. The summed E-state index contributed by atoms with van der Waals surface area (Å²) in [6.07, 6.45) is 1.13. The smallest absolute Gasteiger partial charge is 0.142 e. The molecule has 0 aliphatic carbocycles. The fourth-order valence-corrected chi connectivity index (χ4v) is 2.17. The molecule has 0 fully saturated rings. The van der Waals surface area contributed by atoms with Gasteiger partial charge in [-0.15, -0.1) is 0 Å². The maximum atomic E-state index is 5.57. The zero-order chi connectivity index (χ0) is 12.8. The third-order valence-corrected chi connectivity index (χ3v) is 3.26. The van der Waals surface area contributed by atoms with E-state index in [4.69, 9.17) is 4.74 Å². The van der Waals surface area contributed by atoms with Crippen LogP contribution in [0.2, 0.25) is 0 Å². The highest BCUT2D eigenvalue weighted by atomic mass is 16.5. The van der Waals surface area contributed by atoms with Crippen LogP contribution in [0.3, 0.4) is 0 Å². The van der Waals surface area contributed by atoms with Crippen molar-refractivity contribution in [1.29, 1.82) is 0 Å². The summed E-state index contributed by atoms with van der Waals surface area (Å²) in [7, 11) is 1.99. The monoisotopic (exact) mass is 249 g/mol. The summed E-state index contributed by atoms with van der Waals surface area (Å²) in [5.41, 5.74) is 2.41. The molecule has 0 bridgehead atoms. The second-order valence-corrected chi connectivity index (χ2v) is 4.65. The van der Waals surface area contributed by atoms with E-state index in [1.54, 1.807) is 0 Å². The van der Waals surface area contributed by atoms with E-state index in [1.165, 1.54) is 5.56 Å². The first-order valence-corrected chi connectivity index (χ1v) is 6.71. The van der Waals surface area contributed by atoms with Gasteiger partial charge in [-0.05, 0) is 31.2 Å². The highest BCUT2D eigenvalue weighted by Crippen LogP contribution is 2.27. The lowest BCUT2D eigenvalue weighted by molar-refractivity contribution is 0.323. The van der Waals surface area contributed by atoms with E-state index in [-0.39, 0.29) is 0 Å². The van der Waals surface area contributed by atoms with Crippen LogP contribution in [0, 0.1) is 0 Å². The first kappa shape index (κ1) is 13.2. The lowest BCUT2D eigenvalue weighted by Gasteiger charge is -2.21. The van der Waals surface area contributed by atoms with Gasteiger partial charge in [0.2, 0.25) is 0 Å². The Morgan fingerprint density at radius 2 is 2.33 bits per heavy atom. The van der Waals surface area contributed by atoms with Gasteiger partial charge < -0.3 is 20.7 Å². The van der Waals surface area contributed by atoms with Gasteiger partial charge in [-0.2, -0.15) is 0 Å². The normalized spacial score (nSPS) is 15.4. The molecule has 0 saturated carbocycles. The zero-order valence-electron chi connectivity index (χ0n) is 11.3. The molecular formula is C14H23N3O. The van der Waals surface area contributed by atoms with Crippen LogP contribution < -0.4 is 20.7 Å². The summed E-state index contributed by atoms with van der Waals surface area (Å²) in [6, 6.07) is 6.88. The number of fused-ring (bicyclic) bond motifs is 1. The van der Waals surface area contributed by atoms with E-state index in [1.807, 2.05) is 7.05 Å². The van der Waals surface area contributed by atoms with E-state index in [0.717, 1.165) is 44.1 Å². The van der Waals surface area contributed by atoms with E-state index in [0.29, 0.717) is 6.04 Å². The number of likely N-dealkylation sites (N-methyl/N-ethyl adjacent to an activating group) is 1. The molecule has 0 saturated heterocycles.